The van der Waals surface area contributed by atoms with E-state index in [1.807, 2.05) is 0 Å². The molecule has 1 heterocycles. The van der Waals surface area contributed by atoms with Gasteiger partial charge in [-0.15, -0.1) is 0 Å². The van der Waals surface area contributed by atoms with Gasteiger partial charge in [0.25, 0.3) is 0 Å². The smallest absolute Gasteiger partial charge is 0.244 e. The second kappa shape index (κ2) is 6.08. The molecule has 0 aliphatic carbocycles. The van der Waals surface area contributed by atoms with E-state index in [9.17, 15) is 12.8 Å². The van der Waals surface area contributed by atoms with Crippen LogP contribution in [-0.4, -0.2) is 24.8 Å². The topological polar surface area (TPSA) is 76.3 Å². The summed E-state index contributed by atoms with van der Waals surface area (Å²) in [5.74, 6) is -0.673. The van der Waals surface area contributed by atoms with Gasteiger partial charge in [-0.05, 0) is 40.2 Å². The summed E-state index contributed by atoms with van der Waals surface area (Å²) in [7, 11) is -2.38. The Morgan fingerprint density at radius 2 is 2.10 bits per heavy atom. The highest BCUT2D eigenvalue weighted by atomic mass is 79.9. The Balaban J connectivity index is 2.36. The summed E-state index contributed by atoms with van der Waals surface area (Å²) < 4.78 is 39.6. The predicted molar refractivity (Wildman–Crippen MR) is 81.4 cm³/mol. The zero-order valence-electron chi connectivity index (χ0n) is 11.1. The molecule has 0 spiro atoms. The summed E-state index contributed by atoms with van der Waals surface area (Å²) in [4.78, 5) is 3.99. The van der Waals surface area contributed by atoms with Crippen molar-refractivity contribution in [3.63, 3.8) is 0 Å². The molecular formula is C13H13BrFN3O2S. The standard InChI is InChI=1S/C13H13BrFN3O2S/c1-18(8-9-4-2-3-5-17-9)21(19,20)13-7-12(16)11(15)6-10(13)14/h2-7H,8,16H2,1H3. The van der Waals surface area contributed by atoms with E-state index in [4.69, 9.17) is 5.73 Å². The Morgan fingerprint density at radius 1 is 1.38 bits per heavy atom. The lowest BCUT2D eigenvalue weighted by Crippen LogP contribution is -2.27. The minimum absolute atomic E-state index is 0.0835. The fourth-order valence-corrected chi connectivity index (χ4v) is 3.86. The van der Waals surface area contributed by atoms with Crippen LogP contribution in [0.5, 0.6) is 0 Å². The number of nitrogens with zero attached hydrogens (tertiary/aromatic N) is 2. The molecule has 2 aromatic rings. The molecule has 8 heteroatoms. The van der Waals surface area contributed by atoms with Crippen LogP contribution >= 0.6 is 15.9 Å². The van der Waals surface area contributed by atoms with Gasteiger partial charge in [0.15, 0.2) is 0 Å². The first-order valence-corrected chi connectivity index (χ1v) is 8.16. The van der Waals surface area contributed by atoms with Crippen molar-refractivity contribution in [2.75, 3.05) is 12.8 Å². The minimum Gasteiger partial charge on any atom is -0.396 e. The van der Waals surface area contributed by atoms with E-state index < -0.39 is 15.8 Å². The first kappa shape index (κ1) is 15.9. The molecule has 2 rings (SSSR count). The van der Waals surface area contributed by atoms with Crippen LogP contribution in [-0.2, 0) is 16.6 Å². The molecule has 0 aliphatic rings. The van der Waals surface area contributed by atoms with Gasteiger partial charge in [-0.3, -0.25) is 4.98 Å². The number of rotatable bonds is 4. The van der Waals surface area contributed by atoms with Gasteiger partial charge < -0.3 is 5.73 Å². The molecule has 2 N–H and O–H groups in total. The van der Waals surface area contributed by atoms with Gasteiger partial charge in [0.1, 0.15) is 5.82 Å². The fraction of sp³-hybridized carbons (Fsp3) is 0.154. The molecule has 0 unspecified atom stereocenters. The van der Waals surface area contributed by atoms with Crippen molar-refractivity contribution in [2.45, 2.75) is 11.4 Å². The van der Waals surface area contributed by atoms with E-state index in [-0.39, 0.29) is 21.6 Å². The number of anilines is 1. The highest BCUT2D eigenvalue weighted by molar-refractivity contribution is 9.10. The molecule has 0 saturated heterocycles. The monoisotopic (exact) mass is 373 g/mol. The van der Waals surface area contributed by atoms with Gasteiger partial charge >= 0.3 is 0 Å². The van der Waals surface area contributed by atoms with E-state index in [0.29, 0.717) is 5.69 Å². The quantitative estimate of drug-likeness (QED) is 0.834. The van der Waals surface area contributed by atoms with Crippen molar-refractivity contribution in [3.05, 3.63) is 52.5 Å². The Bertz CT molecular complexity index is 754. The van der Waals surface area contributed by atoms with Gasteiger partial charge in [0.05, 0.1) is 22.8 Å². The van der Waals surface area contributed by atoms with Crippen LogP contribution in [0.1, 0.15) is 5.69 Å². The van der Waals surface area contributed by atoms with Crippen LogP contribution < -0.4 is 5.73 Å². The van der Waals surface area contributed by atoms with Crippen molar-refractivity contribution in [2.24, 2.45) is 0 Å². The highest BCUT2D eigenvalue weighted by Gasteiger charge is 2.25. The molecule has 1 aromatic heterocycles. The maximum Gasteiger partial charge on any atom is 0.244 e. The number of aromatic nitrogens is 1. The van der Waals surface area contributed by atoms with E-state index >= 15 is 0 Å². The van der Waals surface area contributed by atoms with E-state index in [1.165, 1.54) is 7.05 Å². The highest BCUT2D eigenvalue weighted by Crippen LogP contribution is 2.29. The molecule has 21 heavy (non-hydrogen) atoms. The van der Waals surface area contributed by atoms with Crippen molar-refractivity contribution in [1.29, 1.82) is 0 Å². The lowest BCUT2D eigenvalue weighted by Gasteiger charge is -2.18. The first-order valence-electron chi connectivity index (χ1n) is 5.93. The average molecular weight is 374 g/mol. The Labute approximate surface area is 130 Å². The van der Waals surface area contributed by atoms with E-state index in [2.05, 4.69) is 20.9 Å². The Kier molecular flexibility index (Phi) is 4.60. The first-order chi connectivity index (χ1) is 9.82. The summed E-state index contributed by atoms with van der Waals surface area (Å²) in [5.41, 5.74) is 5.83. The largest absolute Gasteiger partial charge is 0.396 e. The molecule has 0 radical (unpaired) electrons. The second-order valence-corrected chi connectivity index (χ2v) is 7.25. The fourth-order valence-electron chi connectivity index (χ4n) is 1.72. The molecule has 1 aromatic carbocycles. The zero-order chi connectivity index (χ0) is 15.6. The predicted octanol–water partition coefficient (Wildman–Crippen LogP) is 2.39. The molecule has 0 fully saturated rings. The number of halogens is 2. The molecule has 0 bridgehead atoms. The third-order valence-electron chi connectivity index (χ3n) is 2.85. The van der Waals surface area contributed by atoms with Crippen molar-refractivity contribution >= 4 is 31.6 Å². The summed E-state index contributed by atoms with van der Waals surface area (Å²) in [6, 6.07) is 7.38. The van der Waals surface area contributed by atoms with E-state index in [1.54, 1.807) is 24.4 Å². The number of sulfonamides is 1. The SMILES string of the molecule is CN(Cc1ccccn1)S(=O)(=O)c1cc(N)c(F)cc1Br. The lowest BCUT2D eigenvalue weighted by molar-refractivity contribution is 0.461. The van der Waals surface area contributed by atoms with Crippen LogP contribution in [0.2, 0.25) is 0 Å². The Morgan fingerprint density at radius 3 is 2.71 bits per heavy atom. The van der Waals surface area contributed by atoms with Gasteiger partial charge in [-0.25, -0.2) is 12.8 Å². The van der Waals surface area contributed by atoms with Gasteiger partial charge in [0.2, 0.25) is 10.0 Å². The third-order valence-corrected chi connectivity index (χ3v) is 5.61. The normalized spacial score (nSPS) is 11.8. The van der Waals surface area contributed by atoms with Crippen LogP contribution in [0.25, 0.3) is 0 Å². The van der Waals surface area contributed by atoms with Crippen molar-refractivity contribution in [3.8, 4) is 0 Å². The zero-order valence-corrected chi connectivity index (χ0v) is 13.5. The molecule has 5 nitrogen and oxygen atoms in total. The van der Waals surface area contributed by atoms with E-state index in [0.717, 1.165) is 16.4 Å². The van der Waals surface area contributed by atoms with Crippen molar-refractivity contribution < 1.29 is 12.8 Å². The maximum absolute atomic E-state index is 13.3. The molecule has 0 amide bonds. The molecule has 112 valence electrons. The van der Waals surface area contributed by atoms with Crippen LogP contribution in [0.15, 0.2) is 45.9 Å². The minimum atomic E-state index is -3.81. The Hall–Kier alpha value is -1.51. The van der Waals surface area contributed by atoms with Gasteiger partial charge in [-0.2, -0.15) is 4.31 Å². The number of nitrogen functional groups attached to an aromatic ring is 1. The van der Waals surface area contributed by atoms with Crippen molar-refractivity contribution in [1.82, 2.24) is 9.29 Å². The molecule has 0 saturated carbocycles. The number of pyridine rings is 1. The van der Waals surface area contributed by atoms with Gasteiger partial charge in [0, 0.05) is 17.7 Å². The maximum atomic E-state index is 13.3. The third kappa shape index (κ3) is 3.39. The molecular weight excluding hydrogens is 361 g/mol. The summed E-state index contributed by atoms with van der Waals surface area (Å²) in [5, 5.41) is 0. The molecule has 0 atom stereocenters. The number of hydrogen-bond donors (Lipinski definition) is 1. The van der Waals surface area contributed by atoms with Crippen LogP contribution in [0, 0.1) is 5.82 Å². The average Bonchev–Trinajstić information content (AvgIpc) is 2.43. The summed E-state index contributed by atoms with van der Waals surface area (Å²) >= 11 is 3.05. The number of benzene rings is 1. The number of hydrogen-bond acceptors (Lipinski definition) is 4. The van der Waals surface area contributed by atoms with Crippen LogP contribution in [0.4, 0.5) is 10.1 Å². The van der Waals surface area contributed by atoms with Gasteiger partial charge in [-0.1, -0.05) is 6.07 Å². The summed E-state index contributed by atoms with van der Waals surface area (Å²) in [6.45, 7) is 0.104. The lowest BCUT2D eigenvalue weighted by atomic mass is 10.3. The van der Waals surface area contributed by atoms with Crippen LogP contribution in [0.3, 0.4) is 0 Å². The summed E-state index contributed by atoms with van der Waals surface area (Å²) in [6.07, 6.45) is 1.58. The second-order valence-electron chi connectivity index (χ2n) is 4.39. The molecule has 0 aliphatic heterocycles. The number of nitrogens with two attached hydrogens (primary N) is 1.